The van der Waals surface area contributed by atoms with E-state index < -0.39 is 77.9 Å². The first-order valence-electron chi connectivity index (χ1n) is 13.1. The van der Waals surface area contributed by atoms with Crippen LogP contribution in [0.3, 0.4) is 0 Å². The molecule has 0 fully saturated rings. The molecular weight excluding hydrogens is 599 g/mol. The van der Waals surface area contributed by atoms with Crippen molar-refractivity contribution < 1.29 is 58.6 Å². The molecule has 3 rings (SSSR count). The van der Waals surface area contributed by atoms with Crippen molar-refractivity contribution in [3.05, 3.63) is 64.7 Å². The first kappa shape index (κ1) is 33.8. The minimum absolute atomic E-state index is 0.0678. The third-order valence-electron chi connectivity index (χ3n) is 6.95. The first-order valence-corrected chi connectivity index (χ1v) is 13.1. The van der Waals surface area contributed by atoms with E-state index in [1.54, 1.807) is 6.92 Å². The Morgan fingerprint density at radius 3 is 1.95 bits per heavy atom. The zero-order valence-corrected chi connectivity index (χ0v) is 23.4. The number of benzene rings is 2. The van der Waals surface area contributed by atoms with Crippen LogP contribution in [-0.4, -0.2) is 43.0 Å². The fourth-order valence-corrected chi connectivity index (χ4v) is 5.29. The molecule has 1 aliphatic rings. The molecule has 3 atom stereocenters. The molecule has 2 aromatic carbocycles. The second kappa shape index (κ2) is 12.5. The Labute approximate surface area is 241 Å². The van der Waals surface area contributed by atoms with Crippen molar-refractivity contribution in [1.29, 1.82) is 0 Å². The quantitative estimate of drug-likeness (QED) is 0.301. The van der Waals surface area contributed by atoms with Crippen molar-refractivity contribution in [3.63, 3.8) is 0 Å². The molecule has 0 radical (unpaired) electrons. The largest absolute Gasteiger partial charge is 0.453 e. The number of amides is 2. The number of carbonyl (C=O) groups is 2. The molecule has 2 aromatic rings. The summed E-state index contributed by atoms with van der Waals surface area (Å²) in [6.07, 6.45) is -17.8. The number of fused-ring (bicyclic) bond motifs is 1. The monoisotopic (exact) mass is 628 g/mol. The van der Waals surface area contributed by atoms with Gasteiger partial charge in [-0.1, -0.05) is 39.0 Å². The number of alkyl halides is 9. The average molecular weight is 629 g/mol. The van der Waals surface area contributed by atoms with Crippen LogP contribution in [-0.2, 0) is 28.4 Å². The first-order chi connectivity index (χ1) is 19.8. The molecule has 1 heterocycles. The van der Waals surface area contributed by atoms with E-state index in [1.165, 1.54) is 38.1 Å². The lowest BCUT2D eigenvalue weighted by Crippen LogP contribution is -2.60. The average Bonchev–Trinajstić information content (AvgIpc) is 2.91. The summed E-state index contributed by atoms with van der Waals surface area (Å²) < 4.78 is 136. The maximum atomic E-state index is 15.0. The van der Waals surface area contributed by atoms with Crippen LogP contribution in [0.2, 0.25) is 0 Å². The number of anilines is 1. The molecule has 6 nitrogen and oxygen atoms in total. The van der Waals surface area contributed by atoms with Gasteiger partial charge in [-0.2, -0.15) is 39.5 Å². The number of nitrogens with zero attached hydrogens (tertiary/aromatic N) is 2. The predicted octanol–water partition coefficient (Wildman–Crippen LogP) is 8.60. The summed E-state index contributed by atoms with van der Waals surface area (Å²) in [7, 11) is 0.814. The topological polar surface area (TPSA) is 59.1 Å². The molecule has 1 unspecified atom stereocenters. The molecule has 238 valence electrons. The van der Waals surface area contributed by atoms with Gasteiger partial charge in [0, 0.05) is 6.54 Å². The van der Waals surface area contributed by atoms with E-state index in [1.807, 2.05) is 0 Å². The Morgan fingerprint density at radius 2 is 1.49 bits per heavy atom. The minimum Gasteiger partial charge on any atom is -0.453 e. The van der Waals surface area contributed by atoms with E-state index in [9.17, 15) is 35.9 Å². The number of carbonyl (C=O) groups excluding carboxylic acids is 2. The van der Waals surface area contributed by atoms with Crippen LogP contribution in [0.1, 0.15) is 55.5 Å². The molecule has 0 spiro atoms. The van der Waals surface area contributed by atoms with Crippen molar-refractivity contribution >= 4 is 17.9 Å². The van der Waals surface area contributed by atoms with Crippen molar-refractivity contribution in [2.24, 2.45) is 11.8 Å². The summed E-state index contributed by atoms with van der Waals surface area (Å²) in [6, 6.07) is 2.08. The highest BCUT2D eigenvalue weighted by Gasteiger charge is 2.59. The Bertz CT molecular complexity index is 1280. The number of hydrogen-bond acceptors (Lipinski definition) is 4. The van der Waals surface area contributed by atoms with Gasteiger partial charge in [-0.25, -0.2) is 9.59 Å². The third kappa shape index (κ3) is 7.29. The van der Waals surface area contributed by atoms with E-state index in [-0.39, 0.29) is 23.9 Å². The molecule has 0 aromatic heterocycles. The molecule has 1 aliphatic heterocycles. The summed E-state index contributed by atoms with van der Waals surface area (Å²) in [6.45, 7) is 3.26. The van der Waals surface area contributed by atoms with Gasteiger partial charge in [0.1, 0.15) is 5.92 Å². The van der Waals surface area contributed by atoms with Crippen molar-refractivity contribution in [1.82, 2.24) is 4.90 Å². The summed E-state index contributed by atoms with van der Waals surface area (Å²) in [5, 5.41) is 0. The Morgan fingerprint density at radius 1 is 0.930 bits per heavy atom. The number of para-hydroxylation sites is 1. The summed E-state index contributed by atoms with van der Waals surface area (Å²) in [4.78, 5) is 27.5. The van der Waals surface area contributed by atoms with E-state index in [0.29, 0.717) is 23.5 Å². The number of methoxy groups -OCH3 is 1. The van der Waals surface area contributed by atoms with Crippen LogP contribution < -0.4 is 4.90 Å². The molecule has 2 amide bonds. The second-order valence-corrected chi connectivity index (χ2v) is 10.3. The zero-order chi connectivity index (χ0) is 32.5. The van der Waals surface area contributed by atoms with Crippen LogP contribution in [0.4, 0.5) is 54.8 Å². The molecule has 0 N–H and O–H groups in total. The second-order valence-electron chi connectivity index (χ2n) is 10.3. The molecule has 0 saturated heterocycles. The van der Waals surface area contributed by atoms with Gasteiger partial charge >= 0.3 is 30.7 Å². The highest BCUT2D eigenvalue weighted by atomic mass is 19.4. The highest BCUT2D eigenvalue weighted by Crippen LogP contribution is 2.53. The smallest absolute Gasteiger partial charge is 0.416 e. The number of halogens is 9. The normalized spacial score (nSPS) is 19.2. The Hall–Kier alpha value is -3.65. The van der Waals surface area contributed by atoms with E-state index in [2.05, 4.69) is 0 Å². The maximum Gasteiger partial charge on any atom is 0.416 e. The summed E-state index contributed by atoms with van der Waals surface area (Å²) in [5.74, 6) is -3.47. The standard InChI is InChI=1S/C28H29F9N2O4/c1-5-10-43-25(41)39-20-9-7-6-8-19(20)23(21(28(35,36)37)22(39)15(2)3)38(24(40)42-4)14-16-11-17(26(29,30)31)13-18(12-16)27(32,33)34/h6-9,11-13,15,21-23H,5,10,14H2,1-4H3/t21-,22+,23?/m0/s1. The van der Waals surface area contributed by atoms with Crippen LogP contribution in [0, 0.1) is 11.8 Å². The van der Waals surface area contributed by atoms with Gasteiger partial charge in [-0.3, -0.25) is 9.80 Å². The van der Waals surface area contributed by atoms with Gasteiger partial charge in [-0.15, -0.1) is 0 Å². The number of hydrogen-bond donors (Lipinski definition) is 0. The van der Waals surface area contributed by atoms with Gasteiger partial charge in [-0.05, 0) is 47.7 Å². The van der Waals surface area contributed by atoms with Gasteiger partial charge in [0.15, 0.2) is 0 Å². The number of ether oxygens (including phenoxy) is 2. The van der Waals surface area contributed by atoms with E-state index >= 15 is 13.2 Å². The van der Waals surface area contributed by atoms with E-state index in [0.717, 1.165) is 12.0 Å². The lowest BCUT2D eigenvalue weighted by molar-refractivity contribution is -0.202. The fraction of sp³-hybridized carbons (Fsp3) is 0.500. The SMILES string of the molecule is CCCOC(=O)N1c2ccccc2C(N(Cc2cc(C(F)(F)F)cc(C(F)(F)F)c2)C(=O)OC)[C@@H](C(F)(F)F)[C@H]1C(C)C. The zero-order valence-electron chi connectivity index (χ0n) is 23.4. The lowest BCUT2D eigenvalue weighted by atomic mass is 9.75. The molecular formula is C28H29F9N2O4. The highest BCUT2D eigenvalue weighted by molar-refractivity contribution is 5.91. The summed E-state index contributed by atoms with van der Waals surface area (Å²) >= 11 is 0. The summed E-state index contributed by atoms with van der Waals surface area (Å²) in [5.41, 5.74) is -4.45. The molecule has 0 bridgehead atoms. The predicted molar refractivity (Wildman–Crippen MR) is 136 cm³/mol. The Balaban J connectivity index is 2.32. The fourth-order valence-electron chi connectivity index (χ4n) is 5.29. The molecule has 43 heavy (non-hydrogen) atoms. The van der Waals surface area contributed by atoms with Crippen molar-refractivity contribution in [2.45, 2.75) is 64.3 Å². The van der Waals surface area contributed by atoms with Gasteiger partial charge in [0.25, 0.3) is 0 Å². The van der Waals surface area contributed by atoms with Gasteiger partial charge in [0.05, 0.1) is 42.6 Å². The lowest BCUT2D eigenvalue weighted by Gasteiger charge is -2.50. The van der Waals surface area contributed by atoms with Crippen LogP contribution in [0.5, 0.6) is 0 Å². The molecule has 0 saturated carbocycles. The van der Waals surface area contributed by atoms with E-state index in [4.69, 9.17) is 9.47 Å². The van der Waals surface area contributed by atoms with Crippen molar-refractivity contribution in [2.75, 3.05) is 18.6 Å². The van der Waals surface area contributed by atoms with Crippen LogP contribution in [0.25, 0.3) is 0 Å². The maximum absolute atomic E-state index is 15.0. The van der Waals surface area contributed by atoms with Gasteiger partial charge in [0.2, 0.25) is 0 Å². The number of rotatable bonds is 6. The van der Waals surface area contributed by atoms with Gasteiger partial charge < -0.3 is 9.47 Å². The van der Waals surface area contributed by atoms with Crippen LogP contribution in [0.15, 0.2) is 42.5 Å². The third-order valence-corrected chi connectivity index (χ3v) is 6.95. The molecule has 15 heteroatoms. The Kier molecular flexibility index (Phi) is 9.86. The minimum atomic E-state index is -5.24. The molecule has 0 aliphatic carbocycles. The van der Waals surface area contributed by atoms with Crippen LogP contribution >= 0.6 is 0 Å². The van der Waals surface area contributed by atoms with Crippen molar-refractivity contribution in [3.8, 4) is 0 Å².